The Labute approximate surface area is 115 Å². The van der Waals surface area contributed by atoms with Crippen LogP contribution in [0.15, 0.2) is 24.3 Å². The Morgan fingerprint density at radius 2 is 2.00 bits per heavy atom. The number of ether oxygens (including phenoxy) is 2. The molecule has 0 atom stereocenters. The minimum atomic E-state index is -0.311. The summed E-state index contributed by atoms with van der Waals surface area (Å²) >= 11 is 0. The van der Waals surface area contributed by atoms with Crippen LogP contribution >= 0.6 is 0 Å². The van der Waals surface area contributed by atoms with Gasteiger partial charge in [0.25, 0.3) is 0 Å². The molecule has 106 valence electrons. The van der Waals surface area contributed by atoms with Crippen LogP contribution in [0.2, 0.25) is 0 Å². The van der Waals surface area contributed by atoms with Gasteiger partial charge in [0.05, 0.1) is 12.2 Å². The predicted molar refractivity (Wildman–Crippen MR) is 75.2 cm³/mol. The van der Waals surface area contributed by atoms with Gasteiger partial charge < -0.3 is 14.8 Å². The average molecular weight is 265 g/mol. The number of esters is 1. The van der Waals surface area contributed by atoms with E-state index in [2.05, 4.69) is 26.1 Å². The van der Waals surface area contributed by atoms with Gasteiger partial charge in [0.1, 0.15) is 6.61 Å². The zero-order chi connectivity index (χ0) is 14.3. The lowest BCUT2D eigenvalue weighted by atomic mass is 10.1. The molecular weight excluding hydrogens is 242 g/mol. The van der Waals surface area contributed by atoms with Crippen LogP contribution in [0.4, 0.5) is 0 Å². The maximum atomic E-state index is 11.8. The second kappa shape index (κ2) is 7.26. The molecule has 4 nitrogen and oxygen atoms in total. The molecule has 1 aromatic carbocycles. The highest BCUT2D eigenvalue weighted by molar-refractivity contribution is 5.89. The van der Waals surface area contributed by atoms with Crippen molar-refractivity contribution in [2.45, 2.75) is 32.9 Å². The highest BCUT2D eigenvalue weighted by atomic mass is 16.6. The van der Waals surface area contributed by atoms with Gasteiger partial charge >= 0.3 is 5.97 Å². The van der Waals surface area contributed by atoms with Gasteiger partial charge in [0, 0.05) is 19.2 Å². The van der Waals surface area contributed by atoms with Gasteiger partial charge in [-0.1, -0.05) is 12.1 Å². The van der Waals surface area contributed by atoms with E-state index in [0.717, 1.165) is 12.1 Å². The number of hydrogen-bond acceptors (Lipinski definition) is 4. The third kappa shape index (κ3) is 6.36. The van der Waals surface area contributed by atoms with Crippen molar-refractivity contribution in [3.8, 4) is 0 Å². The number of methoxy groups -OCH3 is 1. The SMILES string of the molecule is COCCOC(=O)c1cccc(CNC(C)(C)C)c1. The smallest absolute Gasteiger partial charge is 0.338 e. The van der Waals surface area contributed by atoms with Gasteiger partial charge in [-0.25, -0.2) is 4.79 Å². The molecule has 0 amide bonds. The van der Waals surface area contributed by atoms with Crippen molar-refractivity contribution in [3.63, 3.8) is 0 Å². The quantitative estimate of drug-likeness (QED) is 0.633. The lowest BCUT2D eigenvalue weighted by Crippen LogP contribution is -2.35. The van der Waals surface area contributed by atoms with Gasteiger partial charge in [-0.15, -0.1) is 0 Å². The third-order valence-corrected chi connectivity index (χ3v) is 2.51. The molecular formula is C15H23NO3. The fraction of sp³-hybridized carbons (Fsp3) is 0.533. The number of rotatable bonds is 6. The monoisotopic (exact) mass is 265 g/mol. The van der Waals surface area contributed by atoms with Crippen molar-refractivity contribution in [2.75, 3.05) is 20.3 Å². The molecule has 4 heteroatoms. The van der Waals surface area contributed by atoms with E-state index in [1.807, 2.05) is 18.2 Å². The zero-order valence-electron chi connectivity index (χ0n) is 12.2. The zero-order valence-corrected chi connectivity index (χ0v) is 12.2. The van der Waals surface area contributed by atoms with Crippen molar-refractivity contribution in [1.82, 2.24) is 5.32 Å². The fourth-order valence-corrected chi connectivity index (χ4v) is 1.48. The molecule has 19 heavy (non-hydrogen) atoms. The molecule has 0 saturated carbocycles. The van der Waals surface area contributed by atoms with Gasteiger partial charge in [0.15, 0.2) is 0 Å². The summed E-state index contributed by atoms with van der Waals surface area (Å²) in [6, 6.07) is 7.47. The van der Waals surface area contributed by atoms with Crippen LogP contribution in [0.5, 0.6) is 0 Å². The Morgan fingerprint density at radius 3 is 2.63 bits per heavy atom. The molecule has 1 rings (SSSR count). The molecule has 1 N–H and O–H groups in total. The summed E-state index contributed by atoms with van der Waals surface area (Å²) in [5.74, 6) is -0.311. The highest BCUT2D eigenvalue weighted by Crippen LogP contribution is 2.09. The standard InChI is InChI=1S/C15H23NO3/c1-15(2,3)16-11-12-6-5-7-13(10-12)14(17)19-9-8-18-4/h5-7,10,16H,8-9,11H2,1-4H3. The van der Waals surface area contributed by atoms with Crippen LogP contribution < -0.4 is 5.32 Å². The van der Waals surface area contributed by atoms with Crippen molar-refractivity contribution < 1.29 is 14.3 Å². The first-order chi connectivity index (χ1) is 8.92. The van der Waals surface area contributed by atoms with E-state index in [-0.39, 0.29) is 18.1 Å². The van der Waals surface area contributed by atoms with Crippen LogP contribution in [0.3, 0.4) is 0 Å². The molecule has 0 aliphatic rings. The Bertz CT molecular complexity index is 410. The van der Waals surface area contributed by atoms with Crippen molar-refractivity contribution in [2.24, 2.45) is 0 Å². The summed E-state index contributed by atoms with van der Waals surface area (Å²) < 4.78 is 9.93. The van der Waals surface area contributed by atoms with Gasteiger partial charge in [-0.05, 0) is 38.5 Å². The minimum absolute atomic E-state index is 0.0506. The summed E-state index contributed by atoms with van der Waals surface area (Å²) in [6.45, 7) is 7.74. The van der Waals surface area contributed by atoms with E-state index in [1.165, 1.54) is 0 Å². The topological polar surface area (TPSA) is 47.6 Å². The molecule has 0 aromatic heterocycles. The van der Waals surface area contributed by atoms with E-state index in [4.69, 9.17) is 9.47 Å². The van der Waals surface area contributed by atoms with E-state index in [9.17, 15) is 4.79 Å². The number of hydrogen-bond donors (Lipinski definition) is 1. The number of nitrogens with one attached hydrogen (secondary N) is 1. The second-order valence-corrected chi connectivity index (χ2v) is 5.43. The predicted octanol–water partition coefficient (Wildman–Crippen LogP) is 2.38. The lowest BCUT2D eigenvalue weighted by Gasteiger charge is -2.20. The van der Waals surface area contributed by atoms with Crippen LogP contribution in [0.25, 0.3) is 0 Å². The van der Waals surface area contributed by atoms with E-state index < -0.39 is 0 Å². The average Bonchev–Trinajstić information content (AvgIpc) is 2.36. The minimum Gasteiger partial charge on any atom is -0.460 e. The third-order valence-electron chi connectivity index (χ3n) is 2.51. The van der Waals surface area contributed by atoms with Crippen molar-refractivity contribution >= 4 is 5.97 Å². The summed E-state index contributed by atoms with van der Waals surface area (Å²) in [6.07, 6.45) is 0. The van der Waals surface area contributed by atoms with Crippen LogP contribution in [0.1, 0.15) is 36.7 Å². The Morgan fingerprint density at radius 1 is 1.26 bits per heavy atom. The normalized spacial score (nSPS) is 11.4. The maximum Gasteiger partial charge on any atom is 0.338 e. The Balaban J connectivity index is 2.58. The Hall–Kier alpha value is -1.39. The number of benzene rings is 1. The molecule has 1 aromatic rings. The van der Waals surface area contributed by atoms with Crippen molar-refractivity contribution in [3.05, 3.63) is 35.4 Å². The summed E-state index contributed by atoms with van der Waals surface area (Å²) in [4.78, 5) is 11.8. The lowest BCUT2D eigenvalue weighted by molar-refractivity contribution is 0.0388. The molecule has 0 saturated heterocycles. The molecule has 0 aliphatic carbocycles. The second-order valence-electron chi connectivity index (χ2n) is 5.43. The molecule has 0 aliphatic heterocycles. The van der Waals surface area contributed by atoms with Crippen LogP contribution in [-0.4, -0.2) is 31.8 Å². The van der Waals surface area contributed by atoms with E-state index in [1.54, 1.807) is 13.2 Å². The molecule has 0 fully saturated rings. The molecule has 0 unspecified atom stereocenters. The van der Waals surface area contributed by atoms with E-state index in [0.29, 0.717) is 12.2 Å². The Kier molecular flexibility index (Phi) is 5.99. The molecule has 0 bridgehead atoms. The van der Waals surface area contributed by atoms with Crippen LogP contribution in [-0.2, 0) is 16.0 Å². The largest absolute Gasteiger partial charge is 0.460 e. The summed E-state index contributed by atoms with van der Waals surface area (Å²) in [7, 11) is 1.58. The van der Waals surface area contributed by atoms with Gasteiger partial charge in [-0.2, -0.15) is 0 Å². The molecule has 0 heterocycles. The molecule has 0 spiro atoms. The van der Waals surface area contributed by atoms with Gasteiger partial charge in [-0.3, -0.25) is 0 Å². The van der Waals surface area contributed by atoms with Crippen molar-refractivity contribution in [1.29, 1.82) is 0 Å². The van der Waals surface area contributed by atoms with Crippen LogP contribution in [0, 0.1) is 0 Å². The number of carbonyl (C=O) groups excluding carboxylic acids is 1. The van der Waals surface area contributed by atoms with E-state index >= 15 is 0 Å². The van der Waals surface area contributed by atoms with Gasteiger partial charge in [0.2, 0.25) is 0 Å². The first-order valence-corrected chi connectivity index (χ1v) is 6.42. The molecule has 0 radical (unpaired) electrons. The number of carbonyl (C=O) groups is 1. The first-order valence-electron chi connectivity index (χ1n) is 6.42. The first kappa shape index (κ1) is 15.7. The fourth-order valence-electron chi connectivity index (χ4n) is 1.48. The summed E-state index contributed by atoms with van der Waals surface area (Å²) in [5.41, 5.74) is 1.69. The highest BCUT2D eigenvalue weighted by Gasteiger charge is 2.10. The summed E-state index contributed by atoms with van der Waals surface area (Å²) in [5, 5.41) is 3.38. The maximum absolute atomic E-state index is 11.8.